The maximum Gasteiger partial charge on any atom is 0.360 e. The Morgan fingerprint density at radius 3 is 2.73 bits per heavy atom. The van der Waals surface area contributed by atoms with Gasteiger partial charge in [0.05, 0.1) is 13.2 Å². The van der Waals surface area contributed by atoms with E-state index in [4.69, 9.17) is 19.1 Å². The third kappa shape index (κ3) is 4.06. The molecule has 22 heavy (non-hydrogen) atoms. The van der Waals surface area contributed by atoms with Crippen LogP contribution in [0.15, 0.2) is 34.9 Å². The van der Waals surface area contributed by atoms with E-state index in [1.807, 2.05) is 0 Å². The van der Waals surface area contributed by atoms with E-state index in [1.165, 1.54) is 6.07 Å². The van der Waals surface area contributed by atoms with Crippen LogP contribution < -0.4 is 4.74 Å². The van der Waals surface area contributed by atoms with Crippen molar-refractivity contribution < 1.29 is 29.0 Å². The number of esters is 1. The van der Waals surface area contributed by atoms with Gasteiger partial charge in [0.2, 0.25) is 0 Å². The summed E-state index contributed by atoms with van der Waals surface area (Å²) >= 11 is 0. The van der Waals surface area contributed by atoms with Crippen LogP contribution in [-0.4, -0.2) is 47.3 Å². The molecule has 7 nitrogen and oxygen atoms in total. The van der Waals surface area contributed by atoms with Gasteiger partial charge in [-0.25, -0.2) is 4.79 Å². The van der Waals surface area contributed by atoms with E-state index in [0.717, 1.165) is 5.56 Å². The summed E-state index contributed by atoms with van der Waals surface area (Å²) < 4.78 is 15.2. The van der Waals surface area contributed by atoms with Crippen LogP contribution in [0.4, 0.5) is 0 Å². The molecule has 0 amide bonds. The van der Waals surface area contributed by atoms with Crippen LogP contribution in [0.5, 0.6) is 5.75 Å². The van der Waals surface area contributed by atoms with E-state index in [0.29, 0.717) is 11.5 Å². The Hall–Kier alpha value is -2.38. The van der Waals surface area contributed by atoms with Crippen molar-refractivity contribution in [3.05, 3.63) is 36.0 Å². The molecule has 1 aromatic carbocycles. The lowest BCUT2D eigenvalue weighted by Gasteiger charge is -2.09. The quantitative estimate of drug-likeness (QED) is 0.742. The fourth-order valence-corrected chi connectivity index (χ4v) is 1.67. The molecular weight excluding hydrogens is 290 g/mol. The van der Waals surface area contributed by atoms with Crippen LogP contribution in [0.1, 0.15) is 17.4 Å². The molecule has 118 valence electrons. The predicted molar refractivity (Wildman–Crippen MR) is 76.5 cm³/mol. The van der Waals surface area contributed by atoms with Gasteiger partial charge in [-0.05, 0) is 31.2 Å². The van der Waals surface area contributed by atoms with Gasteiger partial charge in [0.1, 0.15) is 18.5 Å². The zero-order valence-electron chi connectivity index (χ0n) is 12.1. The highest BCUT2D eigenvalue weighted by Crippen LogP contribution is 2.23. The summed E-state index contributed by atoms with van der Waals surface area (Å²) in [4.78, 5) is 11.5. The third-order valence-corrected chi connectivity index (χ3v) is 2.79. The lowest BCUT2D eigenvalue weighted by molar-refractivity contribution is 0.0514. The Labute approximate surface area is 127 Å². The zero-order chi connectivity index (χ0) is 15.9. The van der Waals surface area contributed by atoms with Gasteiger partial charge in [-0.3, -0.25) is 0 Å². The molecule has 0 saturated carbocycles. The lowest BCUT2D eigenvalue weighted by Crippen LogP contribution is -2.21. The van der Waals surface area contributed by atoms with Gasteiger partial charge < -0.3 is 24.2 Å². The summed E-state index contributed by atoms with van der Waals surface area (Å²) in [5.41, 5.74) is 0.835. The van der Waals surface area contributed by atoms with Gasteiger partial charge in [-0.1, -0.05) is 5.16 Å². The topological polar surface area (TPSA) is 102 Å². The number of nitrogens with zero attached hydrogens (tertiary/aromatic N) is 1. The van der Waals surface area contributed by atoms with Crippen LogP contribution in [0.3, 0.4) is 0 Å². The van der Waals surface area contributed by atoms with E-state index in [1.54, 1.807) is 31.2 Å². The molecule has 0 fully saturated rings. The first-order chi connectivity index (χ1) is 10.6. The molecule has 1 aromatic heterocycles. The van der Waals surface area contributed by atoms with E-state index < -0.39 is 12.1 Å². The summed E-state index contributed by atoms with van der Waals surface area (Å²) in [6.07, 6.45) is -0.916. The molecule has 0 spiro atoms. The molecule has 0 saturated heterocycles. The van der Waals surface area contributed by atoms with Crippen molar-refractivity contribution in [3.63, 3.8) is 0 Å². The van der Waals surface area contributed by atoms with Crippen molar-refractivity contribution in [2.24, 2.45) is 0 Å². The summed E-state index contributed by atoms with van der Waals surface area (Å²) in [6.45, 7) is 1.63. The average Bonchev–Trinajstić information content (AvgIpc) is 3.03. The van der Waals surface area contributed by atoms with Gasteiger partial charge in [0.25, 0.3) is 0 Å². The number of rotatable bonds is 7. The first-order valence-electron chi connectivity index (χ1n) is 6.80. The summed E-state index contributed by atoms with van der Waals surface area (Å²) in [5, 5.41) is 21.6. The first-order valence-corrected chi connectivity index (χ1v) is 6.80. The number of aromatic nitrogens is 1. The third-order valence-electron chi connectivity index (χ3n) is 2.79. The number of ether oxygens (including phenoxy) is 2. The molecule has 2 rings (SSSR count). The standard InChI is InChI=1S/C15H17NO6/c1-2-20-15(19)13-7-14(22-16-13)10-3-5-12(6-4-10)21-9-11(18)8-17/h3-7,11,17-18H,2,8-9H2,1H3. The Morgan fingerprint density at radius 1 is 1.36 bits per heavy atom. The number of aliphatic hydroxyl groups is 2. The Balaban J connectivity index is 2.02. The highest BCUT2D eigenvalue weighted by atomic mass is 16.5. The summed E-state index contributed by atoms with van der Waals surface area (Å²) in [5.74, 6) is 0.446. The average molecular weight is 307 g/mol. The minimum atomic E-state index is -0.916. The van der Waals surface area contributed by atoms with Crippen LogP contribution in [0, 0.1) is 0 Å². The van der Waals surface area contributed by atoms with E-state index in [2.05, 4.69) is 5.16 Å². The number of hydrogen-bond donors (Lipinski definition) is 2. The van der Waals surface area contributed by atoms with Crippen molar-refractivity contribution in [1.82, 2.24) is 5.16 Å². The minimum Gasteiger partial charge on any atom is -0.491 e. The van der Waals surface area contributed by atoms with Crippen molar-refractivity contribution in [2.45, 2.75) is 13.0 Å². The number of benzene rings is 1. The highest BCUT2D eigenvalue weighted by Gasteiger charge is 2.14. The maximum absolute atomic E-state index is 11.5. The molecule has 1 unspecified atom stereocenters. The number of aliphatic hydroxyl groups excluding tert-OH is 2. The van der Waals surface area contributed by atoms with Crippen LogP contribution in [0.2, 0.25) is 0 Å². The molecule has 1 atom stereocenters. The van der Waals surface area contributed by atoms with E-state index in [9.17, 15) is 9.90 Å². The SMILES string of the molecule is CCOC(=O)c1cc(-c2ccc(OCC(O)CO)cc2)on1. The van der Waals surface area contributed by atoms with Crippen molar-refractivity contribution in [1.29, 1.82) is 0 Å². The molecule has 0 aliphatic carbocycles. The smallest absolute Gasteiger partial charge is 0.360 e. The van der Waals surface area contributed by atoms with Gasteiger partial charge in [-0.15, -0.1) is 0 Å². The zero-order valence-corrected chi connectivity index (χ0v) is 12.1. The Morgan fingerprint density at radius 2 is 2.09 bits per heavy atom. The normalized spacial score (nSPS) is 12.0. The molecule has 0 radical (unpaired) electrons. The van der Waals surface area contributed by atoms with Gasteiger partial charge >= 0.3 is 5.97 Å². The summed E-state index contributed by atoms with van der Waals surface area (Å²) in [6, 6.07) is 8.34. The Bertz CT molecular complexity index is 607. The monoisotopic (exact) mass is 307 g/mol. The van der Waals surface area contributed by atoms with Crippen molar-refractivity contribution in [2.75, 3.05) is 19.8 Å². The van der Waals surface area contributed by atoms with Gasteiger partial charge in [0, 0.05) is 11.6 Å². The molecule has 0 bridgehead atoms. The number of hydrogen-bond acceptors (Lipinski definition) is 7. The maximum atomic E-state index is 11.5. The van der Waals surface area contributed by atoms with Crippen molar-refractivity contribution in [3.8, 4) is 17.1 Å². The van der Waals surface area contributed by atoms with Crippen LogP contribution in [0.25, 0.3) is 11.3 Å². The highest BCUT2D eigenvalue weighted by molar-refractivity contribution is 5.88. The molecule has 7 heteroatoms. The fourth-order valence-electron chi connectivity index (χ4n) is 1.67. The molecule has 0 aliphatic heterocycles. The Kier molecular flexibility index (Phi) is 5.51. The van der Waals surface area contributed by atoms with E-state index in [-0.39, 0.29) is 25.5 Å². The molecule has 0 aliphatic rings. The molecular formula is C15H17NO6. The first kappa shape index (κ1) is 16.0. The minimum absolute atomic E-state index is 0.00512. The second-order valence-electron chi connectivity index (χ2n) is 4.47. The van der Waals surface area contributed by atoms with Crippen LogP contribution >= 0.6 is 0 Å². The van der Waals surface area contributed by atoms with Crippen molar-refractivity contribution >= 4 is 5.97 Å². The second kappa shape index (κ2) is 7.58. The molecule has 2 aromatic rings. The largest absolute Gasteiger partial charge is 0.491 e. The molecule has 2 N–H and O–H groups in total. The van der Waals surface area contributed by atoms with E-state index >= 15 is 0 Å². The molecule has 1 heterocycles. The lowest BCUT2D eigenvalue weighted by atomic mass is 10.1. The second-order valence-corrected chi connectivity index (χ2v) is 4.47. The number of carbonyl (C=O) groups excluding carboxylic acids is 1. The van der Waals surface area contributed by atoms with Crippen LogP contribution in [-0.2, 0) is 4.74 Å². The fraction of sp³-hybridized carbons (Fsp3) is 0.333. The number of carbonyl (C=O) groups is 1. The summed E-state index contributed by atoms with van der Waals surface area (Å²) in [7, 11) is 0. The van der Waals surface area contributed by atoms with Gasteiger partial charge in [0.15, 0.2) is 11.5 Å². The predicted octanol–water partition coefficient (Wildman–Crippen LogP) is 1.25. The van der Waals surface area contributed by atoms with Gasteiger partial charge in [-0.2, -0.15) is 0 Å².